The van der Waals surface area contributed by atoms with Crippen molar-refractivity contribution < 1.29 is 15.3 Å². The van der Waals surface area contributed by atoms with E-state index in [1.165, 1.54) is 45.1 Å². The highest BCUT2D eigenvalue weighted by Gasteiger charge is 2.53. The van der Waals surface area contributed by atoms with Crippen molar-refractivity contribution in [2.45, 2.75) is 69.1 Å². The van der Waals surface area contributed by atoms with E-state index in [9.17, 15) is 5.11 Å². The fourth-order valence-electron chi connectivity index (χ4n) is 6.40. The third kappa shape index (κ3) is 6.41. The van der Waals surface area contributed by atoms with Crippen LogP contribution in [0, 0.1) is 5.92 Å². The number of halogens is 2. The summed E-state index contributed by atoms with van der Waals surface area (Å²) in [5.74, 6) is 1.91. The summed E-state index contributed by atoms with van der Waals surface area (Å²) in [7, 11) is 5.96. The number of fused-ring (bicyclic) bond motifs is 1. The van der Waals surface area contributed by atoms with E-state index in [4.69, 9.17) is 4.74 Å². The smallest absolute Gasteiger partial charge is 0.119 e. The van der Waals surface area contributed by atoms with Gasteiger partial charge in [0.2, 0.25) is 0 Å². The number of piperidine rings is 1. The first kappa shape index (κ1) is 31.9. The molecule has 2 aromatic rings. The second kappa shape index (κ2) is 14.0. The van der Waals surface area contributed by atoms with Crippen molar-refractivity contribution in [2.24, 2.45) is 5.92 Å². The van der Waals surface area contributed by atoms with Gasteiger partial charge in [0.1, 0.15) is 5.75 Å². The molecule has 1 heterocycles. The molecule has 4 N–H and O–H groups in total. The van der Waals surface area contributed by atoms with Crippen LogP contribution in [0.25, 0.3) is 0 Å². The third-order valence-electron chi connectivity index (χ3n) is 8.39. The normalized spacial score (nSPS) is 26.0. The summed E-state index contributed by atoms with van der Waals surface area (Å²) in [6.45, 7) is 3.22. The van der Waals surface area contributed by atoms with Crippen LogP contribution in [0.4, 0.5) is 0 Å². The fourth-order valence-corrected chi connectivity index (χ4v) is 6.40. The molecule has 7 heteroatoms. The van der Waals surface area contributed by atoms with E-state index < -0.39 is 6.10 Å². The van der Waals surface area contributed by atoms with Crippen LogP contribution in [0.5, 0.6) is 5.75 Å². The van der Waals surface area contributed by atoms with Crippen molar-refractivity contribution in [2.75, 3.05) is 27.7 Å². The van der Waals surface area contributed by atoms with Gasteiger partial charge in [-0.15, -0.1) is 29.4 Å². The van der Waals surface area contributed by atoms with Crippen LogP contribution in [0.1, 0.15) is 61.8 Å². The molecule has 0 radical (unpaired) electrons. The van der Waals surface area contributed by atoms with Gasteiger partial charge in [0, 0.05) is 17.5 Å². The average Bonchev–Trinajstić information content (AvgIpc) is 2.86. The topological polar surface area (TPSA) is 76.2 Å². The number of rotatable bonds is 4. The number of nitrogens with one attached hydrogen (secondary N) is 1. The summed E-state index contributed by atoms with van der Waals surface area (Å²) in [5.41, 5.74) is 4.63. The van der Waals surface area contributed by atoms with Gasteiger partial charge in [-0.05, 0) is 88.0 Å². The van der Waals surface area contributed by atoms with Gasteiger partial charge in [0.15, 0.2) is 0 Å². The molecular formula is C28H44BrClN2O3. The maximum Gasteiger partial charge on any atom is 0.119 e. The summed E-state index contributed by atoms with van der Waals surface area (Å²) in [6.07, 6.45) is 7.80. The van der Waals surface area contributed by atoms with Crippen molar-refractivity contribution in [1.82, 2.24) is 10.2 Å². The number of likely N-dealkylation sites (tertiary alicyclic amines) is 1. The zero-order chi connectivity index (χ0) is 22.7. The van der Waals surface area contributed by atoms with Gasteiger partial charge in [0.25, 0.3) is 0 Å². The number of ether oxygens (including phenoxy) is 1. The van der Waals surface area contributed by atoms with E-state index in [1.807, 2.05) is 44.3 Å². The SMILES string of the molecule is Br.CN[C@@H](C)[C@H](O)c1ccccc1.COc1ccc2c(c1)[C@]13CCCC[C@@H]1[C@H](C2)N(C)CC3.Cl.O. The Morgan fingerprint density at radius 2 is 1.83 bits per heavy atom. The Morgan fingerprint density at radius 1 is 1.11 bits per heavy atom. The molecule has 3 aliphatic rings. The molecule has 2 fully saturated rings. The Labute approximate surface area is 228 Å². The largest absolute Gasteiger partial charge is 0.497 e. The highest BCUT2D eigenvalue weighted by Crippen LogP contribution is 2.55. The Balaban J connectivity index is 0.000000360. The Morgan fingerprint density at radius 3 is 2.49 bits per heavy atom. The Hall–Kier alpha value is -1.15. The molecule has 2 aliphatic carbocycles. The maximum absolute atomic E-state index is 9.73. The van der Waals surface area contributed by atoms with Crippen molar-refractivity contribution in [1.29, 1.82) is 0 Å². The summed E-state index contributed by atoms with van der Waals surface area (Å²) in [6, 6.07) is 17.4. The molecular weight excluding hydrogens is 528 g/mol. The second-order valence-corrected chi connectivity index (χ2v) is 9.97. The van der Waals surface area contributed by atoms with Crippen molar-refractivity contribution >= 4 is 29.4 Å². The number of hydrogen-bond donors (Lipinski definition) is 2. The van der Waals surface area contributed by atoms with Gasteiger partial charge in [0.05, 0.1) is 13.2 Å². The first-order chi connectivity index (χ1) is 15.5. The van der Waals surface area contributed by atoms with E-state index in [-0.39, 0.29) is 40.9 Å². The quantitative estimate of drug-likeness (QED) is 0.548. The van der Waals surface area contributed by atoms with Crippen LogP contribution in [0.2, 0.25) is 0 Å². The molecule has 1 aliphatic heterocycles. The predicted octanol–water partition coefficient (Wildman–Crippen LogP) is 4.89. The highest BCUT2D eigenvalue weighted by molar-refractivity contribution is 8.93. The second-order valence-electron chi connectivity index (χ2n) is 9.97. The molecule has 2 bridgehead atoms. The number of hydrogen-bond acceptors (Lipinski definition) is 4. The predicted molar refractivity (Wildman–Crippen MR) is 152 cm³/mol. The van der Waals surface area contributed by atoms with Crippen LogP contribution in [-0.4, -0.2) is 55.3 Å². The molecule has 5 nitrogen and oxygen atoms in total. The maximum atomic E-state index is 9.73. The third-order valence-corrected chi connectivity index (χ3v) is 8.39. The Bertz CT molecular complexity index is 903. The van der Waals surface area contributed by atoms with Crippen LogP contribution in [0.15, 0.2) is 48.5 Å². The number of aliphatic hydroxyl groups excluding tert-OH is 1. The molecule has 5 atom stereocenters. The van der Waals surface area contributed by atoms with Crippen molar-refractivity contribution in [3.05, 3.63) is 65.2 Å². The molecule has 0 unspecified atom stereocenters. The molecule has 198 valence electrons. The molecule has 5 rings (SSSR count). The monoisotopic (exact) mass is 570 g/mol. The zero-order valence-corrected chi connectivity index (χ0v) is 24.0. The lowest BCUT2D eigenvalue weighted by Gasteiger charge is -2.58. The molecule has 0 spiro atoms. The van der Waals surface area contributed by atoms with Gasteiger partial charge in [-0.3, -0.25) is 0 Å². The van der Waals surface area contributed by atoms with Crippen LogP contribution in [0.3, 0.4) is 0 Å². The number of likely N-dealkylation sites (N-methyl/N-ethyl adjacent to an activating group) is 2. The molecule has 2 aromatic carbocycles. The van der Waals surface area contributed by atoms with Gasteiger partial charge < -0.3 is 25.5 Å². The first-order valence-electron chi connectivity index (χ1n) is 12.3. The standard InChI is InChI=1S/C18H25NO.C10H15NO.BrH.ClH.H2O/c1-19-10-9-18-8-4-3-5-15(18)17(19)11-13-6-7-14(20-2)12-16(13)18;1-8(11-2)10(12)9-6-4-3-5-7-9;;;/h6-7,12,15,17H,3-5,8-11H2,1-2H3;3-8,10-12H,1-2H3;2*1H;1H2/t15-,17+,18+;8-,10-;;;/m10.../s1. The minimum atomic E-state index is -0.420. The highest BCUT2D eigenvalue weighted by atomic mass is 79.9. The number of aliphatic hydroxyl groups is 1. The Kier molecular flexibility index (Phi) is 12.7. The number of methoxy groups -OCH3 is 1. The lowest BCUT2D eigenvalue weighted by Crippen LogP contribution is -2.59. The van der Waals surface area contributed by atoms with Gasteiger partial charge in [-0.25, -0.2) is 0 Å². The van der Waals surface area contributed by atoms with Gasteiger partial charge in [-0.2, -0.15) is 0 Å². The summed E-state index contributed by atoms with van der Waals surface area (Å²) in [4.78, 5) is 2.63. The van der Waals surface area contributed by atoms with Crippen molar-refractivity contribution in [3.8, 4) is 5.75 Å². The van der Waals surface area contributed by atoms with Gasteiger partial charge in [-0.1, -0.05) is 49.2 Å². The van der Waals surface area contributed by atoms with Crippen LogP contribution in [-0.2, 0) is 11.8 Å². The summed E-state index contributed by atoms with van der Waals surface area (Å²) in [5, 5.41) is 12.7. The van der Waals surface area contributed by atoms with E-state index >= 15 is 0 Å². The summed E-state index contributed by atoms with van der Waals surface area (Å²) < 4.78 is 5.51. The van der Waals surface area contributed by atoms with Crippen LogP contribution >= 0.6 is 29.4 Å². The fraction of sp³-hybridized carbons (Fsp3) is 0.571. The average molecular weight is 572 g/mol. The molecule has 0 aromatic heterocycles. The molecule has 1 saturated carbocycles. The van der Waals surface area contributed by atoms with Crippen molar-refractivity contribution in [3.63, 3.8) is 0 Å². The number of nitrogens with zero attached hydrogens (tertiary/aromatic N) is 1. The van der Waals surface area contributed by atoms with Gasteiger partial charge >= 0.3 is 0 Å². The zero-order valence-electron chi connectivity index (χ0n) is 21.5. The lowest BCUT2D eigenvalue weighted by molar-refractivity contribution is 0.00274. The minimum Gasteiger partial charge on any atom is -0.497 e. The minimum absolute atomic E-state index is 0. The summed E-state index contributed by atoms with van der Waals surface area (Å²) >= 11 is 0. The first-order valence-corrected chi connectivity index (χ1v) is 12.3. The van der Waals surface area contributed by atoms with E-state index in [2.05, 4.69) is 35.5 Å². The number of benzene rings is 2. The van der Waals surface area contributed by atoms with E-state index in [0.717, 1.165) is 23.3 Å². The lowest BCUT2D eigenvalue weighted by atomic mass is 9.52. The van der Waals surface area contributed by atoms with E-state index in [0.29, 0.717) is 5.41 Å². The molecule has 0 amide bonds. The van der Waals surface area contributed by atoms with E-state index in [1.54, 1.807) is 18.2 Å². The molecule has 1 saturated heterocycles. The van der Waals surface area contributed by atoms with Crippen LogP contribution < -0.4 is 10.1 Å². The molecule has 35 heavy (non-hydrogen) atoms.